The summed E-state index contributed by atoms with van der Waals surface area (Å²) in [6.07, 6.45) is 0. The number of rotatable bonds is 7. The van der Waals surface area contributed by atoms with Crippen molar-refractivity contribution in [2.45, 2.75) is 13.5 Å². The van der Waals surface area contributed by atoms with E-state index in [1.54, 1.807) is 7.11 Å². The lowest BCUT2D eigenvalue weighted by molar-refractivity contribution is 0.0948. The molecule has 4 aromatic rings. The Morgan fingerprint density at radius 2 is 1.87 bits per heavy atom. The second-order valence-electron chi connectivity index (χ2n) is 6.69. The van der Waals surface area contributed by atoms with Crippen LogP contribution in [0.1, 0.15) is 23.0 Å². The average molecular weight is 402 g/mol. The Morgan fingerprint density at radius 3 is 2.63 bits per heavy atom. The van der Waals surface area contributed by atoms with Gasteiger partial charge in [-0.1, -0.05) is 35.5 Å². The van der Waals surface area contributed by atoms with Crippen LogP contribution in [0.4, 0.5) is 0 Å². The van der Waals surface area contributed by atoms with E-state index in [9.17, 15) is 4.79 Å². The van der Waals surface area contributed by atoms with E-state index in [-0.39, 0.29) is 12.5 Å². The maximum Gasteiger partial charge on any atom is 0.256 e. The van der Waals surface area contributed by atoms with Gasteiger partial charge in [0.05, 0.1) is 25.8 Å². The van der Waals surface area contributed by atoms with Crippen molar-refractivity contribution in [1.82, 2.24) is 10.5 Å². The molecule has 0 bridgehead atoms. The molecule has 0 aliphatic carbocycles. The van der Waals surface area contributed by atoms with Gasteiger partial charge in [0.1, 0.15) is 17.2 Å². The van der Waals surface area contributed by atoms with Crippen molar-refractivity contribution >= 4 is 16.7 Å². The molecule has 0 aliphatic rings. The first-order chi connectivity index (χ1) is 14.7. The molecule has 0 atom stereocenters. The average Bonchev–Trinajstić information content (AvgIpc) is 3.26. The van der Waals surface area contributed by atoms with E-state index < -0.39 is 0 Å². The van der Waals surface area contributed by atoms with E-state index in [0.717, 1.165) is 22.1 Å². The molecule has 1 amide bonds. The molecule has 0 aliphatic heterocycles. The topological polar surface area (TPSA) is 73.6 Å². The molecule has 1 heterocycles. The number of nitrogens with zero attached hydrogens (tertiary/aromatic N) is 1. The fourth-order valence-electron chi connectivity index (χ4n) is 3.31. The number of benzene rings is 3. The zero-order valence-corrected chi connectivity index (χ0v) is 16.8. The van der Waals surface area contributed by atoms with Crippen molar-refractivity contribution < 1.29 is 18.8 Å². The van der Waals surface area contributed by atoms with Gasteiger partial charge in [0, 0.05) is 11.6 Å². The highest BCUT2D eigenvalue weighted by atomic mass is 16.5. The standard InChI is InChI=1S/C24H22N2O4/c1-3-29-21-13-10-16-6-4-5-7-20(16)23(21)24(27)25-15-18-14-22(30-26-18)17-8-11-19(28-2)12-9-17/h4-14H,3,15H2,1-2H3,(H,25,27). The van der Waals surface area contributed by atoms with Gasteiger partial charge in [-0.15, -0.1) is 0 Å². The fourth-order valence-corrected chi connectivity index (χ4v) is 3.31. The number of hydrogen-bond donors (Lipinski definition) is 1. The van der Waals surface area contributed by atoms with Crippen LogP contribution in [0.3, 0.4) is 0 Å². The number of carbonyl (C=O) groups excluding carboxylic acids is 1. The van der Waals surface area contributed by atoms with Crippen LogP contribution in [0.15, 0.2) is 71.3 Å². The minimum absolute atomic E-state index is 0.218. The van der Waals surface area contributed by atoms with Crippen LogP contribution in [0, 0.1) is 0 Å². The molecule has 1 aromatic heterocycles. The number of methoxy groups -OCH3 is 1. The fraction of sp³-hybridized carbons (Fsp3) is 0.167. The predicted molar refractivity (Wildman–Crippen MR) is 115 cm³/mol. The summed E-state index contributed by atoms with van der Waals surface area (Å²) in [5.74, 6) is 1.74. The molecule has 0 saturated carbocycles. The number of hydrogen-bond acceptors (Lipinski definition) is 5. The lowest BCUT2D eigenvalue weighted by Crippen LogP contribution is -2.24. The van der Waals surface area contributed by atoms with Gasteiger partial charge in [-0.05, 0) is 48.0 Å². The van der Waals surface area contributed by atoms with Gasteiger partial charge in [0.15, 0.2) is 5.76 Å². The number of ether oxygens (including phenoxy) is 2. The Balaban J connectivity index is 1.53. The first kappa shape index (κ1) is 19.5. The third-order valence-electron chi connectivity index (χ3n) is 4.78. The first-order valence-electron chi connectivity index (χ1n) is 9.72. The summed E-state index contributed by atoms with van der Waals surface area (Å²) in [7, 11) is 1.62. The Kier molecular flexibility index (Phi) is 5.66. The van der Waals surface area contributed by atoms with Gasteiger partial charge in [-0.2, -0.15) is 0 Å². The number of nitrogens with one attached hydrogen (secondary N) is 1. The quantitative estimate of drug-likeness (QED) is 0.479. The summed E-state index contributed by atoms with van der Waals surface area (Å²) in [5.41, 5.74) is 2.04. The Hall–Kier alpha value is -3.80. The normalized spacial score (nSPS) is 10.7. The number of amides is 1. The van der Waals surface area contributed by atoms with Crippen molar-refractivity contribution in [3.05, 3.63) is 78.0 Å². The highest BCUT2D eigenvalue weighted by molar-refractivity contribution is 6.09. The van der Waals surface area contributed by atoms with Gasteiger partial charge in [0.25, 0.3) is 5.91 Å². The largest absolute Gasteiger partial charge is 0.497 e. The molecule has 3 aromatic carbocycles. The molecule has 6 nitrogen and oxygen atoms in total. The van der Waals surface area contributed by atoms with Crippen LogP contribution in [-0.4, -0.2) is 24.8 Å². The minimum atomic E-state index is -0.218. The van der Waals surface area contributed by atoms with Gasteiger partial charge >= 0.3 is 0 Å². The molecule has 0 fully saturated rings. The summed E-state index contributed by atoms with van der Waals surface area (Å²) >= 11 is 0. The van der Waals surface area contributed by atoms with Crippen molar-refractivity contribution in [2.75, 3.05) is 13.7 Å². The van der Waals surface area contributed by atoms with Crippen molar-refractivity contribution in [1.29, 1.82) is 0 Å². The van der Waals surface area contributed by atoms with E-state index in [1.807, 2.05) is 73.7 Å². The number of carbonyl (C=O) groups is 1. The summed E-state index contributed by atoms with van der Waals surface area (Å²) < 4.78 is 16.3. The number of fused-ring (bicyclic) bond motifs is 1. The van der Waals surface area contributed by atoms with E-state index in [1.165, 1.54) is 0 Å². The molecule has 30 heavy (non-hydrogen) atoms. The molecule has 1 N–H and O–H groups in total. The zero-order valence-electron chi connectivity index (χ0n) is 16.8. The summed E-state index contributed by atoms with van der Waals surface area (Å²) in [6, 6.07) is 20.9. The molecule has 152 valence electrons. The van der Waals surface area contributed by atoms with E-state index in [4.69, 9.17) is 14.0 Å². The molecule has 0 spiro atoms. The second-order valence-corrected chi connectivity index (χ2v) is 6.69. The highest BCUT2D eigenvalue weighted by Gasteiger charge is 2.17. The molecule has 4 rings (SSSR count). The Morgan fingerprint density at radius 1 is 1.07 bits per heavy atom. The molecule has 0 radical (unpaired) electrons. The van der Waals surface area contributed by atoms with Crippen LogP contribution in [-0.2, 0) is 6.54 Å². The van der Waals surface area contributed by atoms with Gasteiger partial charge in [-0.3, -0.25) is 4.79 Å². The van der Waals surface area contributed by atoms with Crippen molar-refractivity contribution in [3.63, 3.8) is 0 Å². The third-order valence-corrected chi connectivity index (χ3v) is 4.78. The Labute approximate surface area is 174 Å². The molecule has 6 heteroatoms. The van der Waals surface area contributed by atoms with Crippen molar-refractivity contribution in [2.24, 2.45) is 0 Å². The smallest absolute Gasteiger partial charge is 0.256 e. The summed E-state index contributed by atoms with van der Waals surface area (Å²) in [4.78, 5) is 13.0. The molecular formula is C24H22N2O4. The van der Waals surface area contributed by atoms with Gasteiger partial charge in [-0.25, -0.2) is 0 Å². The Bertz CT molecular complexity index is 1170. The van der Waals surface area contributed by atoms with Crippen LogP contribution >= 0.6 is 0 Å². The highest BCUT2D eigenvalue weighted by Crippen LogP contribution is 2.28. The predicted octanol–water partition coefficient (Wildman–Crippen LogP) is 4.83. The zero-order chi connectivity index (χ0) is 20.9. The third kappa shape index (κ3) is 3.98. The SMILES string of the molecule is CCOc1ccc2ccccc2c1C(=O)NCc1cc(-c2ccc(OC)cc2)on1. The van der Waals surface area contributed by atoms with Crippen LogP contribution in [0.2, 0.25) is 0 Å². The molecule has 0 unspecified atom stereocenters. The molecular weight excluding hydrogens is 380 g/mol. The second kappa shape index (κ2) is 8.69. The lowest BCUT2D eigenvalue weighted by atomic mass is 10.0. The summed E-state index contributed by atoms with van der Waals surface area (Å²) in [6.45, 7) is 2.62. The maximum atomic E-state index is 13.0. The van der Waals surface area contributed by atoms with Gasteiger partial charge in [0.2, 0.25) is 0 Å². The van der Waals surface area contributed by atoms with Crippen LogP contribution in [0.5, 0.6) is 11.5 Å². The number of aromatic nitrogens is 1. The van der Waals surface area contributed by atoms with E-state index in [2.05, 4.69) is 10.5 Å². The summed E-state index contributed by atoms with van der Waals surface area (Å²) in [5, 5.41) is 8.83. The van der Waals surface area contributed by atoms with Crippen molar-refractivity contribution in [3.8, 4) is 22.8 Å². The minimum Gasteiger partial charge on any atom is -0.497 e. The lowest BCUT2D eigenvalue weighted by Gasteiger charge is -2.13. The molecule has 0 saturated heterocycles. The van der Waals surface area contributed by atoms with Crippen LogP contribution in [0.25, 0.3) is 22.1 Å². The monoisotopic (exact) mass is 402 g/mol. The van der Waals surface area contributed by atoms with E-state index in [0.29, 0.717) is 29.4 Å². The first-order valence-corrected chi connectivity index (χ1v) is 9.72. The maximum absolute atomic E-state index is 13.0. The van der Waals surface area contributed by atoms with E-state index >= 15 is 0 Å². The van der Waals surface area contributed by atoms with Gasteiger partial charge < -0.3 is 19.3 Å². The van der Waals surface area contributed by atoms with Crippen LogP contribution < -0.4 is 14.8 Å².